The quantitative estimate of drug-likeness (QED) is 0.770. The summed E-state index contributed by atoms with van der Waals surface area (Å²) in [6, 6.07) is 18.0. The summed E-state index contributed by atoms with van der Waals surface area (Å²) in [7, 11) is 0. The van der Waals surface area contributed by atoms with Crippen LogP contribution in [-0.2, 0) is 6.42 Å². The molecule has 1 aromatic heterocycles. The van der Waals surface area contributed by atoms with Crippen molar-refractivity contribution >= 4 is 0 Å². The number of hydrogen-bond donors (Lipinski definition) is 1. The van der Waals surface area contributed by atoms with Gasteiger partial charge in [0.1, 0.15) is 5.75 Å². The molecular weight excluding hydrogens is 252 g/mol. The minimum atomic E-state index is 0.568. The van der Waals surface area contributed by atoms with Crippen molar-refractivity contribution < 1.29 is 4.74 Å². The molecule has 0 aliphatic rings. The average Bonchev–Trinajstić information content (AvgIpc) is 3.03. The Kier molecular flexibility index (Phi) is 3.68. The SMILES string of the molecule is c1ccc(CCOc2cccc(-c3nn[nH]n3)c2)cc1. The maximum absolute atomic E-state index is 5.76. The van der Waals surface area contributed by atoms with Gasteiger partial charge in [-0.05, 0) is 22.9 Å². The Balaban J connectivity index is 1.62. The van der Waals surface area contributed by atoms with Crippen LogP contribution in [0.3, 0.4) is 0 Å². The highest BCUT2D eigenvalue weighted by Crippen LogP contribution is 2.20. The number of rotatable bonds is 5. The Bertz CT molecular complexity index is 653. The van der Waals surface area contributed by atoms with Crippen molar-refractivity contribution in [1.82, 2.24) is 20.6 Å². The van der Waals surface area contributed by atoms with Crippen molar-refractivity contribution in [3.8, 4) is 17.1 Å². The molecule has 0 atom stereocenters. The summed E-state index contributed by atoms with van der Waals surface area (Å²) in [5.74, 6) is 1.38. The number of nitrogens with one attached hydrogen (secondary N) is 1. The Morgan fingerprint density at radius 2 is 1.90 bits per heavy atom. The summed E-state index contributed by atoms with van der Waals surface area (Å²) in [6.45, 7) is 0.639. The number of ether oxygens (including phenoxy) is 1. The smallest absolute Gasteiger partial charge is 0.204 e. The monoisotopic (exact) mass is 266 g/mol. The molecule has 3 rings (SSSR count). The molecule has 20 heavy (non-hydrogen) atoms. The fourth-order valence-electron chi connectivity index (χ4n) is 1.94. The van der Waals surface area contributed by atoms with E-state index in [2.05, 4.69) is 32.8 Å². The summed E-state index contributed by atoms with van der Waals surface area (Å²) in [6.07, 6.45) is 0.882. The normalized spacial score (nSPS) is 10.4. The van der Waals surface area contributed by atoms with Crippen LogP contribution in [0.4, 0.5) is 0 Å². The summed E-state index contributed by atoms with van der Waals surface area (Å²) in [5.41, 5.74) is 2.15. The Hall–Kier alpha value is -2.69. The number of benzene rings is 2. The van der Waals surface area contributed by atoms with Crippen molar-refractivity contribution in [3.63, 3.8) is 0 Å². The van der Waals surface area contributed by atoms with E-state index in [1.54, 1.807) is 0 Å². The number of H-pyrrole nitrogens is 1. The zero-order valence-corrected chi connectivity index (χ0v) is 10.9. The third-order valence-electron chi connectivity index (χ3n) is 2.94. The average molecular weight is 266 g/mol. The molecule has 0 aliphatic heterocycles. The van der Waals surface area contributed by atoms with Crippen LogP contribution in [0.1, 0.15) is 5.56 Å². The summed E-state index contributed by atoms with van der Waals surface area (Å²) in [5, 5.41) is 13.9. The van der Waals surface area contributed by atoms with Crippen LogP contribution in [0.2, 0.25) is 0 Å². The van der Waals surface area contributed by atoms with E-state index in [-0.39, 0.29) is 0 Å². The van der Waals surface area contributed by atoms with Gasteiger partial charge in [0, 0.05) is 12.0 Å². The van der Waals surface area contributed by atoms with Gasteiger partial charge in [0.15, 0.2) is 0 Å². The van der Waals surface area contributed by atoms with Crippen molar-refractivity contribution in [2.45, 2.75) is 6.42 Å². The maximum atomic E-state index is 5.76. The number of aromatic nitrogens is 4. The maximum Gasteiger partial charge on any atom is 0.204 e. The third-order valence-corrected chi connectivity index (χ3v) is 2.94. The minimum absolute atomic E-state index is 0.568. The van der Waals surface area contributed by atoms with Gasteiger partial charge in [-0.3, -0.25) is 0 Å². The molecule has 0 unspecified atom stereocenters. The van der Waals surface area contributed by atoms with Crippen LogP contribution in [0.25, 0.3) is 11.4 Å². The Morgan fingerprint density at radius 1 is 1.00 bits per heavy atom. The van der Waals surface area contributed by atoms with Gasteiger partial charge in [-0.1, -0.05) is 42.5 Å². The van der Waals surface area contributed by atoms with E-state index >= 15 is 0 Å². The van der Waals surface area contributed by atoms with Gasteiger partial charge >= 0.3 is 0 Å². The van der Waals surface area contributed by atoms with Crippen LogP contribution < -0.4 is 4.74 Å². The fraction of sp³-hybridized carbons (Fsp3) is 0.133. The fourth-order valence-corrected chi connectivity index (χ4v) is 1.94. The predicted octanol–water partition coefficient (Wildman–Crippen LogP) is 2.49. The number of hydrogen-bond acceptors (Lipinski definition) is 4. The van der Waals surface area contributed by atoms with Crippen LogP contribution in [0.5, 0.6) is 5.75 Å². The molecule has 3 aromatic rings. The molecule has 0 saturated heterocycles. The van der Waals surface area contributed by atoms with Gasteiger partial charge in [-0.25, -0.2) is 0 Å². The lowest BCUT2D eigenvalue weighted by atomic mass is 10.2. The van der Waals surface area contributed by atoms with Gasteiger partial charge in [0.05, 0.1) is 6.61 Å². The first-order valence-corrected chi connectivity index (χ1v) is 6.42. The van der Waals surface area contributed by atoms with Gasteiger partial charge in [-0.2, -0.15) is 5.21 Å². The predicted molar refractivity (Wildman–Crippen MR) is 75.3 cm³/mol. The molecular formula is C15H14N4O. The first-order chi connectivity index (χ1) is 9.92. The lowest BCUT2D eigenvalue weighted by Crippen LogP contribution is -2.01. The van der Waals surface area contributed by atoms with E-state index in [0.717, 1.165) is 17.7 Å². The number of nitrogens with zero attached hydrogens (tertiary/aromatic N) is 3. The van der Waals surface area contributed by atoms with Crippen molar-refractivity contribution in [2.24, 2.45) is 0 Å². The van der Waals surface area contributed by atoms with Crippen molar-refractivity contribution in [2.75, 3.05) is 6.61 Å². The highest BCUT2D eigenvalue weighted by atomic mass is 16.5. The van der Waals surface area contributed by atoms with Crippen LogP contribution >= 0.6 is 0 Å². The van der Waals surface area contributed by atoms with Crippen LogP contribution in [-0.4, -0.2) is 27.2 Å². The largest absolute Gasteiger partial charge is 0.493 e. The molecule has 1 N–H and O–H groups in total. The highest BCUT2D eigenvalue weighted by molar-refractivity contribution is 5.56. The summed E-state index contributed by atoms with van der Waals surface area (Å²) < 4.78 is 5.76. The molecule has 5 nitrogen and oxygen atoms in total. The second-order valence-corrected chi connectivity index (χ2v) is 4.35. The van der Waals surface area contributed by atoms with Gasteiger partial charge in [0.2, 0.25) is 5.82 Å². The van der Waals surface area contributed by atoms with Crippen LogP contribution in [0.15, 0.2) is 54.6 Å². The lowest BCUT2D eigenvalue weighted by molar-refractivity contribution is 0.322. The third kappa shape index (κ3) is 3.00. The second kappa shape index (κ2) is 5.97. The van der Waals surface area contributed by atoms with E-state index in [9.17, 15) is 0 Å². The van der Waals surface area contributed by atoms with Crippen LogP contribution in [0, 0.1) is 0 Å². The Labute approximate surface area is 116 Å². The molecule has 0 amide bonds. The van der Waals surface area contributed by atoms with E-state index < -0.39 is 0 Å². The lowest BCUT2D eigenvalue weighted by Gasteiger charge is -2.07. The van der Waals surface area contributed by atoms with Crippen molar-refractivity contribution in [3.05, 3.63) is 60.2 Å². The van der Waals surface area contributed by atoms with Gasteiger partial charge in [-0.15, -0.1) is 10.2 Å². The standard InChI is InChI=1S/C15H14N4O/c1-2-5-12(6-3-1)9-10-20-14-8-4-7-13(11-14)15-16-18-19-17-15/h1-8,11H,9-10H2,(H,16,17,18,19). The number of aromatic amines is 1. The second-order valence-electron chi connectivity index (χ2n) is 4.35. The van der Waals surface area contributed by atoms with Crippen molar-refractivity contribution in [1.29, 1.82) is 0 Å². The summed E-state index contributed by atoms with van der Waals surface area (Å²) in [4.78, 5) is 0. The molecule has 0 fully saturated rings. The Morgan fingerprint density at radius 3 is 2.70 bits per heavy atom. The molecule has 2 aromatic carbocycles. The first kappa shape index (κ1) is 12.3. The molecule has 5 heteroatoms. The minimum Gasteiger partial charge on any atom is -0.493 e. The zero-order chi connectivity index (χ0) is 13.6. The van der Waals surface area contributed by atoms with Gasteiger partial charge in [0.25, 0.3) is 0 Å². The summed E-state index contributed by atoms with van der Waals surface area (Å²) >= 11 is 0. The van der Waals surface area contributed by atoms with E-state index in [4.69, 9.17) is 4.74 Å². The number of tetrazole rings is 1. The molecule has 1 heterocycles. The molecule has 0 aliphatic carbocycles. The van der Waals surface area contributed by atoms with E-state index in [1.165, 1.54) is 5.56 Å². The molecule has 0 saturated carbocycles. The van der Waals surface area contributed by atoms with Gasteiger partial charge < -0.3 is 4.74 Å². The van der Waals surface area contributed by atoms with E-state index in [0.29, 0.717) is 12.4 Å². The molecule has 0 bridgehead atoms. The van der Waals surface area contributed by atoms with E-state index in [1.807, 2.05) is 42.5 Å². The first-order valence-electron chi connectivity index (χ1n) is 6.42. The molecule has 100 valence electrons. The zero-order valence-electron chi connectivity index (χ0n) is 10.9. The molecule has 0 spiro atoms. The molecule has 0 radical (unpaired) electrons. The highest BCUT2D eigenvalue weighted by Gasteiger charge is 2.04. The topological polar surface area (TPSA) is 63.7 Å².